The number of aromatic nitrogens is 2. The van der Waals surface area contributed by atoms with Crippen LogP contribution in [0.4, 0.5) is 0 Å². The lowest BCUT2D eigenvalue weighted by molar-refractivity contribution is -0.129. The number of aryl methyl sites for hydroxylation is 1. The molecule has 32 heavy (non-hydrogen) atoms. The normalized spacial score (nSPS) is 11.1. The quantitative estimate of drug-likeness (QED) is 0.173. The zero-order valence-corrected chi connectivity index (χ0v) is 17.8. The fraction of sp³-hybridized carbons (Fsp3) is 0.364. The summed E-state index contributed by atoms with van der Waals surface area (Å²) >= 11 is 0. The first-order valence-corrected chi connectivity index (χ1v) is 10.1. The summed E-state index contributed by atoms with van der Waals surface area (Å²) in [6, 6.07) is 7.47. The molecule has 0 spiro atoms. The lowest BCUT2D eigenvalue weighted by atomic mass is 10.1. The van der Waals surface area contributed by atoms with Crippen molar-refractivity contribution in [2.45, 2.75) is 31.8 Å². The third-order valence-electron chi connectivity index (χ3n) is 4.43. The number of hydrogen-bond acceptors (Lipinski definition) is 6. The Morgan fingerprint density at radius 3 is 2.69 bits per heavy atom. The van der Waals surface area contributed by atoms with Gasteiger partial charge in [0.25, 0.3) is 5.91 Å². The number of carbonyl (C=O) groups excluding carboxylic acids is 3. The van der Waals surface area contributed by atoms with Crippen LogP contribution in [-0.4, -0.2) is 59.0 Å². The van der Waals surface area contributed by atoms with Crippen molar-refractivity contribution in [3.63, 3.8) is 0 Å². The third-order valence-corrected chi connectivity index (χ3v) is 4.43. The molecule has 1 atom stereocenters. The molecular formula is C22H27N5O5. The summed E-state index contributed by atoms with van der Waals surface area (Å²) < 4.78 is 6.62. The van der Waals surface area contributed by atoms with Gasteiger partial charge in [0.2, 0.25) is 11.8 Å². The first-order valence-electron chi connectivity index (χ1n) is 10.1. The van der Waals surface area contributed by atoms with Crippen LogP contribution in [0.2, 0.25) is 0 Å². The van der Waals surface area contributed by atoms with Gasteiger partial charge in [0.15, 0.2) is 0 Å². The topological polar surface area (TPSA) is 135 Å². The first kappa shape index (κ1) is 24.6. The molecule has 1 aromatic carbocycles. The average molecular weight is 441 g/mol. The lowest BCUT2D eigenvalue weighted by Crippen LogP contribution is -2.47. The smallest absolute Gasteiger partial charge is 0.251 e. The molecule has 0 aliphatic rings. The van der Waals surface area contributed by atoms with Crippen LogP contribution in [0.3, 0.4) is 0 Å². The Labute approximate surface area is 186 Å². The van der Waals surface area contributed by atoms with Crippen LogP contribution in [0.25, 0.3) is 0 Å². The van der Waals surface area contributed by atoms with E-state index in [0.717, 1.165) is 5.56 Å². The zero-order valence-electron chi connectivity index (χ0n) is 17.8. The van der Waals surface area contributed by atoms with Crippen molar-refractivity contribution >= 4 is 17.7 Å². The standard InChI is InChI=1S/C22H27N5O5/c1-32-16-2-5-17-6-8-18(9-7-17)21(29)25-19(10-11-20(28)26-31)22(30)23-12-3-14-27-15-4-13-24-27/h4,6-9,13,15,19,31H,3,10-12,14,16H2,1H3,(H,23,30)(H,25,29)(H,26,28)/t19-/m0/s1. The molecule has 0 saturated heterocycles. The highest BCUT2D eigenvalue weighted by Gasteiger charge is 2.22. The van der Waals surface area contributed by atoms with E-state index in [4.69, 9.17) is 9.94 Å². The summed E-state index contributed by atoms with van der Waals surface area (Å²) in [5, 5.41) is 18.2. The molecule has 170 valence electrons. The highest BCUT2D eigenvalue weighted by Crippen LogP contribution is 2.06. The minimum absolute atomic E-state index is 0.0314. The second-order valence-corrected chi connectivity index (χ2v) is 6.83. The molecule has 0 fully saturated rings. The predicted octanol–water partition coefficient (Wildman–Crippen LogP) is 0.472. The van der Waals surface area contributed by atoms with E-state index in [1.807, 2.05) is 12.3 Å². The largest absolute Gasteiger partial charge is 0.372 e. The zero-order chi connectivity index (χ0) is 23.2. The van der Waals surface area contributed by atoms with Gasteiger partial charge in [0.1, 0.15) is 12.6 Å². The number of benzene rings is 1. The van der Waals surface area contributed by atoms with Gasteiger partial charge in [0.05, 0.1) is 0 Å². The second-order valence-electron chi connectivity index (χ2n) is 6.83. The van der Waals surface area contributed by atoms with Gasteiger partial charge in [-0.2, -0.15) is 5.10 Å². The summed E-state index contributed by atoms with van der Waals surface area (Å²) in [5.41, 5.74) is 2.60. The molecule has 10 nitrogen and oxygen atoms in total. The van der Waals surface area contributed by atoms with Crippen LogP contribution in [-0.2, 0) is 20.9 Å². The monoisotopic (exact) mass is 441 g/mol. The predicted molar refractivity (Wildman–Crippen MR) is 115 cm³/mol. The van der Waals surface area contributed by atoms with E-state index in [0.29, 0.717) is 31.7 Å². The van der Waals surface area contributed by atoms with Crippen molar-refractivity contribution in [1.82, 2.24) is 25.9 Å². The number of carbonyl (C=O) groups is 3. The number of nitrogens with zero attached hydrogens (tertiary/aromatic N) is 2. The Balaban J connectivity index is 1.94. The molecular weight excluding hydrogens is 414 g/mol. The Kier molecular flexibility index (Phi) is 10.4. The molecule has 0 radical (unpaired) electrons. The Hall–Kier alpha value is -3.68. The van der Waals surface area contributed by atoms with E-state index in [1.165, 1.54) is 5.48 Å². The Bertz CT molecular complexity index is 932. The fourth-order valence-corrected chi connectivity index (χ4v) is 2.77. The maximum absolute atomic E-state index is 12.6. The van der Waals surface area contributed by atoms with Crippen molar-refractivity contribution in [1.29, 1.82) is 0 Å². The molecule has 4 N–H and O–H groups in total. The van der Waals surface area contributed by atoms with Gasteiger partial charge in [-0.1, -0.05) is 11.8 Å². The van der Waals surface area contributed by atoms with Gasteiger partial charge in [-0.3, -0.25) is 24.3 Å². The van der Waals surface area contributed by atoms with E-state index in [1.54, 1.807) is 42.3 Å². The van der Waals surface area contributed by atoms with E-state index in [2.05, 4.69) is 27.6 Å². The average Bonchev–Trinajstić information content (AvgIpc) is 3.33. The molecule has 3 amide bonds. The number of hydrogen-bond donors (Lipinski definition) is 4. The number of amides is 3. The van der Waals surface area contributed by atoms with Gasteiger partial charge < -0.3 is 15.4 Å². The summed E-state index contributed by atoms with van der Waals surface area (Å²) in [7, 11) is 1.55. The molecule has 0 aliphatic carbocycles. The highest BCUT2D eigenvalue weighted by molar-refractivity contribution is 5.97. The maximum atomic E-state index is 12.6. The third kappa shape index (κ3) is 8.59. The van der Waals surface area contributed by atoms with Crippen LogP contribution in [0.1, 0.15) is 35.2 Å². The molecule has 10 heteroatoms. The first-order chi connectivity index (χ1) is 15.5. The SMILES string of the molecule is COCC#Cc1ccc(C(=O)N[C@@H](CCC(=O)NO)C(=O)NCCCn2cccn2)cc1. The Morgan fingerprint density at radius 2 is 2.03 bits per heavy atom. The second kappa shape index (κ2) is 13.6. The molecule has 0 aliphatic heterocycles. The number of hydroxylamine groups is 1. The van der Waals surface area contributed by atoms with Crippen LogP contribution >= 0.6 is 0 Å². The highest BCUT2D eigenvalue weighted by atomic mass is 16.5. The van der Waals surface area contributed by atoms with Crippen molar-refractivity contribution < 1.29 is 24.3 Å². The fourth-order valence-electron chi connectivity index (χ4n) is 2.77. The molecule has 1 heterocycles. The summed E-state index contributed by atoms with van der Waals surface area (Å²) in [5.74, 6) is 4.22. The molecule has 2 rings (SSSR count). The summed E-state index contributed by atoms with van der Waals surface area (Å²) in [6.07, 6.45) is 4.05. The van der Waals surface area contributed by atoms with E-state index in [9.17, 15) is 14.4 Å². The molecule has 0 bridgehead atoms. The van der Waals surface area contributed by atoms with Crippen molar-refractivity contribution in [2.75, 3.05) is 20.3 Å². The van der Waals surface area contributed by atoms with E-state index < -0.39 is 23.8 Å². The van der Waals surface area contributed by atoms with Crippen molar-refractivity contribution in [3.8, 4) is 11.8 Å². The number of rotatable bonds is 11. The summed E-state index contributed by atoms with van der Waals surface area (Å²) in [6.45, 7) is 1.32. The van der Waals surface area contributed by atoms with Gasteiger partial charge in [0, 0.05) is 50.1 Å². The molecule has 2 aromatic rings. The number of methoxy groups -OCH3 is 1. The Morgan fingerprint density at radius 1 is 1.25 bits per heavy atom. The molecule has 1 aromatic heterocycles. The van der Waals surface area contributed by atoms with Crippen LogP contribution < -0.4 is 16.1 Å². The van der Waals surface area contributed by atoms with Crippen molar-refractivity contribution in [3.05, 3.63) is 53.9 Å². The number of ether oxygens (including phenoxy) is 1. The van der Waals surface area contributed by atoms with Gasteiger partial charge >= 0.3 is 0 Å². The van der Waals surface area contributed by atoms with Crippen molar-refractivity contribution in [2.24, 2.45) is 0 Å². The van der Waals surface area contributed by atoms with Crippen LogP contribution in [0.15, 0.2) is 42.7 Å². The molecule has 0 unspecified atom stereocenters. The number of nitrogens with one attached hydrogen (secondary N) is 3. The molecule has 0 saturated carbocycles. The summed E-state index contributed by atoms with van der Waals surface area (Å²) in [4.78, 5) is 36.6. The van der Waals surface area contributed by atoms with E-state index >= 15 is 0 Å². The van der Waals surface area contributed by atoms with Gasteiger partial charge in [-0.25, -0.2) is 5.48 Å². The minimum atomic E-state index is -0.939. The van der Waals surface area contributed by atoms with E-state index in [-0.39, 0.29) is 12.8 Å². The van der Waals surface area contributed by atoms with Crippen LogP contribution in [0.5, 0.6) is 0 Å². The van der Waals surface area contributed by atoms with Crippen LogP contribution in [0, 0.1) is 11.8 Å². The van der Waals surface area contributed by atoms with Gasteiger partial charge in [-0.15, -0.1) is 0 Å². The lowest BCUT2D eigenvalue weighted by Gasteiger charge is -2.18. The van der Waals surface area contributed by atoms with Gasteiger partial charge in [-0.05, 0) is 43.2 Å². The maximum Gasteiger partial charge on any atom is 0.251 e. The minimum Gasteiger partial charge on any atom is -0.372 e.